The molecule has 0 aliphatic heterocycles. The van der Waals surface area contributed by atoms with Crippen molar-refractivity contribution in [1.29, 1.82) is 0 Å². The van der Waals surface area contributed by atoms with E-state index in [-0.39, 0.29) is 32.3 Å². The van der Waals surface area contributed by atoms with Crippen LogP contribution < -0.4 is 5.73 Å². The van der Waals surface area contributed by atoms with E-state index >= 15 is 0 Å². The third-order valence-electron chi connectivity index (χ3n) is 11.0. The molecule has 56 heavy (non-hydrogen) atoms. The Morgan fingerprint density at radius 1 is 0.464 bits per heavy atom. The molecule has 0 amide bonds. The van der Waals surface area contributed by atoms with Gasteiger partial charge in [0.05, 0.1) is 19.8 Å². The number of unbranched alkanes of at least 4 members (excludes halogenated alkanes) is 35. The number of rotatable bonds is 48. The second-order valence-corrected chi connectivity index (χ2v) is 18.2. The zero-order valence-corrected chi connectivity index (χ0v) is 38.3. The fraction of sp³-hybridized carbons (Fsp3) is 0.979. The summed E-state index contributed by atoms with van der Waals surface area (Å²) >= 11 is 0. The molecule has 3 N–H and O–H groups in total. The van der Waals surface area contributed by atoms with Crippen molar-refractivity contribution in [3.63, 3.8) is 0 Å². The molecule has 0 saturated carbocycles. The lowest BCUT2D eigenvalue weighted by Gasteiger charge is -2.20. The average Bonchev–Trinajstić information content (AvgIpc) is 3.19. The standard InChI is InChI=1S/C47H96NO7P/c1-3-5-7-9-11-13-15-17-18-19-20-21-22-23-24-25-26-27-28-29-30-32-34-36-38-40-47(49)55-46(45-54-56(50,51)53-43-41-48)44-52-42-39-37-35-33-31-16-14-12-10-8-6-4-2/h46H,3-45,48H2,1-2H3,(H,50,51)/t46-/m1/s1. The molecule has 0 aromatic rings. The zero-order valence-electron chi connectivity index (χ0n) is 37.4. The van der Waals surface area contributed by atoms with E-state index in [1.54, 1.807) is 0 Å². The van der Waals surface area contributed by atoms with Gasteiger partial charge in [0.25, 0.3) is 0 Å². The van der Waals surface area contributed by atoms with Crippen molar-refractivity contribution in [3.8, 4) is 0 Å². The minimum absolute atomic E-state index is 0.0900. The van der Waals surface area contributed by atoms with Gasteiger partial charge in [-0.2, -0.15) is 0 Å². The Kier molecular flexibility index (Phi) is 45.2. The second kappa shape index (κ2) is 45.6. The topological polar surface area (TPSA) is 117 Å². The van der Waals surface area contributed by atoms with Crippen molar-refractivity contribution >= 4 is 13.8 Å². The molecule has 1 unspecified atom stereocenters. The third kappa shape index (κ3) is 44.6. The lowest BCUT2D eigenvalue weighted by Crippen LogP contribution is -2.28. The first-order chi connectivity index (χ1) is 27.4. The number of nitrogens with two attached hydrogens (primary N) is 1. The average molecular weight is 818 g/mol. The Bertz CT molecular complexity index is 832. The Morgan fingerprint density at radius 2 is 0.786 bits per heavy atom. The second-order valence-electron chi connectivity index (χ2n) is 16.7. The highest BCUT2D eigenvalue weighted by atomic mass is 31.2. The maximum atomic E-state index is 12.6. The van der Waals surface area contributed by atoms with Gasteiger partial charge in [-0.1, -0.05) is 239 Å². The van der Waals surface area contributed by atoms with Crippen LogP contribution in [-0.2, 0) is 27.9 Å². The van der Waals surface area contributed by atoms with E-state index in [2.05, 4.69) is 13.8 Å². The van der Waals surface area contributed by atoms with E-state index < -0.39 is 13.9 Å². The van der Waals surface area contributed by atoms with E-state index in [9.17, 15) is 14.3 Å². The van der Waals surface area contributed by atoms with Crippen molar-refractivity contribution < 1.29 is 32.8 Å². The minimum Gasteiger partial charge on any atom is -0.457 e. The van der Waals surface area contributed by atoms with Crippen molar-refractivity contribution in [1.82, 2.24) is 0 Å². The summed E-state index contributed by atoms with van der Waals surface area (Å²) in [6, 6.07) is 0. The summed E-state index contributed by atoms with van der Waals surface area (Å²) in [5.41, 5.74) is 5.38. The predicted molar refractivity (Wildman–Crippen MR) is 238 cm³/mol. The van der Waals surface area contributed by atoms with Crippen molar-refractivity contribution in [2.45, 2.75) is 264 Å². The van der Waals surface area contributed by atoms with Gasteiger partial charge >= 0.3 is 13.8 Å². The quantitative estimate of drug-likeness (QED) is 0.0354. The van der Waals surface area contributed by atoms with Crippen LogP contribution in [0.1, 0.15) is 258 Å². The van der Waals surface area contributed by atoms with Gasteiger partial charge in [-0.3, -0.25) is 13.8 Å². The fourth-order valence-corrected chi connectivity index (χ4v) is 8.18. The lowest BCUT2D eigenvalue weighted by molar-refractivity contribution is -0.154. The third-order valence-corrected chi connectivity index (χ3v) is 12.0. The van der Waals surface area contributed by atoms with Gasteiger partial charge in [-0.05, 0) is 12.8 Å². The molecule has 2 atom stereocenters. The van der Waals surface area contributed by atoms with Gasteiger partial charge in [0.1, 0.15) is 6.10 Å². The van der Waals surface area contributed by atoms with E-state index in [1.165, 1.54) is 205 Å². The maximum Gasteiger partial charge on any atom is 0.472 e. The van der Waals surface area contributed by atoms with Gasteiger partial charge in [0.2, 0.25) is 0 Å². The number of phosphoric acid groups is 1. The number of phosphoric ester groups is 1. The normalized spacial score (nSPS) is 13.3. The van der Waals surface area contributed by atoms with E-state index in [4.69, 9.17) is 24.3 Å². The summed E-state index contributed by atoms with van der Waals surface area (Å²) in [6.45, 7) is 4.99. The molecule has 0 aliphatic rings. The molecular formula is C47H96NO7P. The van der Waals surface area contributed by atoms with Crippen LogP contribution in [0.15, 0.2) is 0 Å². The molecule has 0 saturated heterocycles. The minimum atomic E-state index is -4.27. The first kappa shape index (κ1) is 55.5. The van der Waals surface area contributed by atoms with Gasteiger partial charge in [0.15, 0.2) is 0 Å². The van der Waals surface area contributed by atoms with Crippen molar-refractivity contribution in [2.75, 3.05) is 33.0 Å². The number of hydrogen-bond donors (Lipinski definition) is 2. The summed E-state index contributed by atoms with van der Waals surface area (Å²) in [5.74, 6) is -0.322. The Balaban J connectivity index is 3.82. The first-order valence-corrected chi connectivity index (χ1v) is 26.0. The lowest BCUT2D eigenvalue weighted by atomic mass is 10.0. The largest absolute Gasteiger partial charge is 0.472 e. The van der Waals surface area contributed by atoms with Crippen LogP contribution in [0.25, 0.3) is 0 Å². The summed E-state index contributed by atoms with van der Waals surface area (Å²) < 4.78 is 33.5. The molecular weight excluding hydrogens is 721 g/mol. The molecule has 0 radical (unpaired) electrons. The van der Waals surface area contributed by atoms with Gasteiger partial charge < -0.3 is 20.1 Å². The maximum absolute atomic E-state index is 12.6. The van der Waals surface area contributed by atoms with Crippen LogP contribution >= 0.6 is 7.82 Å². The van der Waals surface area contributed by atoms with Crippen LogP contribution in [0.4, 0.5) is 0 Å². The fourth-order valence-electron chi connectivity index (χ4n) is 7.41. The molecule has 0 aliphatic carbocycles. The highest BCUT2D eigenvalue weighted by Gasteiger charge is 2.25. The molecule has 0 spiro atoms. The van der Waals surface area contributed by atoms with Gasteiger partial charge in [-0.25, -0.2) is 4.57 Å². The molecule has 0 aromatic carbocycles. The highest BCUT2D eigenvalue weighted by molar-refractivity contribution is 7.47. The van der Waals surface area contributed by atoms with Gasteiger partial charge in [0, 0.05) is 19.6 Å². The molecule has 336 valence electrons. The van der Waals surface area contributed by atoms with Crippen LogP contribution in [0.5, 0.6) is 0 Å². The molecule has 0 rings (SSSR count). The monoisotopic (exact) mass is 818 g/mol. The highest BCUT2D eigenvalue weighted by Crippen LogP contribution is 2.43. The first-order valence-electron chi connectivity index (χ1n) is 24.5. The van der Waals surface area contributed by atoms with Crippen LogP contribution in [0.2, 0.25) is 0 Å². The van der Waals surface area contributed by atoms with E-state index in [0.717, 1.165) is 32.1 Å². The predicted octanol–water partition coefficient (Wildman–Crippen LogP) is 14.9. The smallest absolute Gasteiger partial charge is 0.457 e. The van der Waals surface area contributed by atoms with Crippen LogP contribution in [0.3, 0.4) is 0 Å². The molecule has 0 heterocycles. The Labute approximate surface area is 348 Å². The molecule has 9 heteroatoms. The summed E-state index contributed by atoms with van der Waals surface area (Å²) in [6.07, 6.45) is 48.5. The van der Waals surface area contributed by atoms with Crippen molar-refractivity contribution in [3.05, 3.63) is 0 Å². The van der Waals surface area contributed by atoms with Gasteiger partial charge in [-0.15, -0.1) is 0 Å². The van der Waals surface area contributed by atoms with Crippen LogP contribution in [-0.4, -0.2) is 49.9 Å². The number of esters is 1. The molecule has 0 aromatic heterocycles. The number of ether oxygens (including phenoxy) is 2. The SMILES string of the molecule is CCCCCCCCCCCCCCCCCCCCCCCCCCCC(=O)O[C@H](COCCCCCCCCCCCCCC)COP(=O)(O)OCCN. The number of carbonyl (C=O) groups is 1. The number of carbonyl (C=O) groups excluding carboxylic acids is 1. The van der Waals surface area contributed by atoms with E-state index in [0.29, 0.717) is 13.0 Å². The Morgan fingerprint density at radius 3 is 1.12 bits per heavy atom. The summed E-state index contributed by atoms with van der Waals surface area (Å²) in [7, 11) is -4.27. The van der Waals surface area contributed by atoms with Crippen LogP contribution in [0, 0.1) is 0 Å². The summed E-state index contributed by atoms with van der Waals surface area (Å²) in [5, 5.41) is 0. The molecule has 0 fully saturated rings. The molecule has 0 bridgehead atoms. The van der Waals surface area contributed by atoms with E-state index in [1.807, 2.05) is 0 Å². The molecule has 8 nitrogen and oxygen atoms in total. The Hall–Kier alpha value is -0.500. The number of hydrogen-bond acceptors (Lipinski definition) is 7. The zero-order chi connectivity index (χ0) is 40.9. The van der Waals surface area contributed by atoms with Crippen molar-refractivity contribution in [2.24, 2.45) is 5.73 Å². The summed E-state index contributed by atoms with van der Waals surface area (Å²) in [4.78, 5) is 22.5.